The highest BCUT2D eigenvalue weighted by Crippen LogP contribution is 2.33. The van der Waals surface area contributed by atoms with Crippen molar-refractivity contribution in [1.82, 2.24) is 10.2 Å². The van der Waals surface area contributed by atoms with Gasteiger partial charge in [0.2, 0.25) is 11.8 Å². The Bertz CT molecular complexity index is 419. The number of hydrogen-bond acceptors (Lipinski definition) is 2. The van der Waals surface area contributed by atoms with E-state index in [2.05, 4.69) is 11.9 Å². The molecular formula is C17H28N2O2. The summed E-state index contributed by atoms with van der Waals surface area (Å²) in [5, 5.41) is 3.02. The molecule has 2 atom stereocenters. The molecule has 4 nitrogen and oxygen atoms in total. The summed E-state index contributed by atoms with van der Waals surface area (Å²) in [5.41, 5.74) is -0.277. The number of rotatable bonds is 3. The van der Waals surface area contributed by atoms with Crippen LogP contribution in [-0.4, -0.2) is 35.3 Å². The standard InChI is InChI=1S/C17H28N2O2/c1-5-11-19-14(17(2,3)4)15(20)18-13(16(19)21)12-9-7-6-8-10-12/h5,12-14H,1,6-11H2,2-4H3,(H,18,20). The van der Waals surface area contributed by atoms with Crippen LogP contribution in [0.1, 0.15) is 52.9 Å². The van der Waals surface area contributed by atoms with Crippen LogP contribution in [0, 0.1) is 11.3 Å². The minimum Gasteiger partial charge on any atom is -0.342 e. The van der Waals surface area contributed by atoms with Crippen LogP contribution in [0.25, 0.3) is 0 Å². The molecule has 2 unspecified atom stereocenters. The molecular weight excluding hydrogens is 264 g/mol. The first-order chi connectivity index (χ1) is 9.86. The third-order valence-electron chi connectivity index (χ3n) is 4.67. The number of hydrogen-bond donors (Lipinski definition) is 1. The first-order valence-electron chi connectivity index (χ1n) is 8.08. The van der Waals surface area contributed by atoms with E-state index in [0.29, 0.717) is 12.5 Å². The molecule has 0 aromatic heterocycles. The second-order valence-corrected chi connectivity index (χ2v) is 7.43. The van der Waals surface area contributed by atoms with Crippen molar-refractivity contribution in [3.05, 3.63) is 12.7 Å². The predicted molar refractivity (Wildman–Crippen MR) is 83.7 cm³/mol. The molecule has 21 heavy (non-hydrogen) atoms. The Kier molecular flexibility index (Phi) is 4.74. The zero-order chi connectivity index (χ0) is 15.6. The summed E-state index contributed by atoms with van der Waals surface area (Å²) >= 11 is 0. The predicted octanol–water partition coefficient (Wildman–Crippen LogP) is 2.49. The van der Waals surface area contributed by atoms with Gasteiger partial charge in [-0.1, -0.05) is 46.1 Å². The molecule has 1 heterocycles. The lowest BCUT2D eigenvalue weighted by Crippen LogP contribution is -2.68. The SMILES string of the molecule is C=CCN1C(=O)C(C2CCCCC2)NC(=O)C1C(C)(C)C. The largest absolute Gasteiger partial charge is 0.342 e. The number of carbonyl (C=O) groups excluding carboxylic acids is 2. The van der Waals surface area contributed by atoms with Gasteiger partial charge in [-0.25, -0.2) is 0 Å². The van der Waals surface area contributed by atoms with Crippen molar-refractivity contribution in [3.8, 4) is 0 Å². The van der Waals surface area contributed by atoms with Gasteiger partial charge in [0.25, 0.3) is 0 Å². The Hall–Kier alpha value is -1.32. The van der Waals surface area contributed by atoms with E-state index in [1.807, 2.05) is 20.8 Å². The molecule has 118 valence electrons. The molecule has 4 heteroatoms. The van der Waals surface area contributed by atoms with Gasteiger partial charge in [0.15, 0.2) is 0 Å². The molecule has 1 N–H and O–H groups in total. The molecule has 1 saturated heterocycles. The van der Waals surface area contributed by atoms with Gasteiger partial charge < -0.3 is 10.2 Å². The second kappa shape index (κ2) is 6.20. The lowest BCUT2D eigenvalue weighted by Gasteiger charge is -2.46. The minimum atomic E-state index is -0.414. The van der Waals surface area contributed by atoms with Crippen LogP contribution in [-0.2, 0) is 9.59 Å². The van der Waals surface area contributed by atoms with Crippen molar-refractivity contribution in [2.75, 3.05) is 6.54 Å². The first kappa shape index (κ1) is 16.1. The van der Waals surface area contributed by atoms with Crippen molar-refractivity contribution in [2.24, 2.45) is 11.3 Å². The van der Waals surface area contributed by atoms with Gasteiger partial charge in [-0.3, -0.25) is 9.59 Å². The minimum absolute atomic E-state index is 0.0143. The quantitative estimate of drug-likeness (QED) is 0.813. The van der Waals surface area contributed by atoms with Gasteiger partial charge in [0, 0.05) is 6.54 Å². The summed E-state index contributed by atoms with van der Waals surface area (Å²) in [6.45, 7) is 10.2. The molecule has 0 bridgehead atoms. The summed E-state index contributed by atoms with van der Waals surface area (Å²) in [6, 6.07) is -0.751. The summed E-state index contributed by atoms with van der Waals surface area (Å²) in [5.74, 6) is 0.351. The lowest BCUT2D eigenvalue weighted by molar-refractivity contribution is -0.155. The second-order valence-electron chi connectivity index (χ2n) is 7.43. The Balaban J connectivity index is 2.24. The Morgan fingerprint density at radius 3 is 2.38 bits per heavy atom. The topological polar surface area (TPSA) is 49.4 Å². The summed E-state index contributed by atoms with van der Waals surface area (Å²) < 4.78 is 0. The van der Waals surface area contributed by atoms with Gasteiger partial charge in [-0.05, 0) is 24.2 Å². The maximum Gasteiger partial charge on any atom is 0.246 e. The average Bonchev–Trinajstić information content (AvgIpc) is 2.42. The fourth-order valence-electron chi connectivity index (χ4n) is 3.72. The lowest BCUT2D eigenvalue weighted by atomic mass is 9.78. The van der Waals surface area contributed by atoms with Crippen molar-refractivity contribution >= 4 is 11.8 Å². The van der Waals surface area contributed by atoms with E-state index >= 15 is 0 Å². The third kappa shape index (κ3) is 3.30. The molecule has 0 spiro atoms. The van der Waals surface area contributed by atoms with Gasteiger partial charge in [0.1, 0.15) is 12.1 Å². The van der Waals surface area contributed by atoms with Crippen LogP contribution in [0.15, 0.2) is 12.7 Å². The summed E-state index contributed by atoms with van der Waals surface area (Å²) in [6.07, 6.45) is 7.36. The van der Waals surface area contributed by atoms with Crippen LogP contribution in [0.3, 0.4) is 0 Å². The molecule has 0 radical (unpaired) electrons. The molecule has 2 fully saturated rings. The molecule has 1 saturated carbocycles. The maximum absolute atomic E-state index is 12.9. The van der Waals surface area contributed by atoms with Crippen molar-refractivity contribution in [3.63, 3.8) is 0 Å². The third-order valence-corrected chi connectivity index (χ3v) is 4.67. The van der Waals surface area contributed by atoms with Crippen LogP contribution in [0.5, 0.6) is 0 Å². The van der Waals surface area contributed by atoms with E-state index in [1.165, 1.54) is 6.42 Å². The number of nitrogens with zero attached hydrogens (tertiary/aromatic N) is 1. The molecule has 2 amide bonds. The van der Waals surface area contributed by atoms with Crippen molar-refractivity contribution < 1.29 is 9.59 Å². The highest BCUT2D eigenvalue weighted by atomic mass is 16.2. The number of amides is 2. The monoisotopic (exact) mass is 292 g/mol. The van der Waals surface area contributed by atoms with Gasteiger partial charge in [-0.2, -0.15) is 0 Å². The van der Waals surface area contributed by atoms with Gasteiger partial charge >= 0.3 is 0 Å². The normalized spacial score (nSPS) is 28.4. The number of carbonyl (C=O) groups is 2. The molecule has 2 aliphatic rings. The van der Waals surface area contributed by atoms with Gasteiger partial charge in [-0.15, -0.1) is 6.58 Å². The van der Waals surface area contributed by atoms with E-state index < -0.39 is 6.04 Å². The zero-order valence-corrected chi connectivity index (χ0v) is 13.5. The molecule has 1 aliphatic heterocycles. The van der Waals surface area contributed by atoms with E-state index in [-0.39, 0.29) is 23.3 Å². The van der Waals surface area contributed by atoms with Crippen LogP contribution in [0.2, 0.25) is 0 Å². The molecule has 1 aliphatic carbocycles. The van der Waals surface area contributed by atoms with Crippen molar-refractivity contribution in [2.45, 2.75) is 65.0 Å². The van der Waals surface area contributed by atoms with E-state index in [1.54, 1.807) is 11.0 Å². The first-order valence-corrected chi connectivity index (χ1v) is 8.08. The highest BCUT2D eigenvalue weighted by Gasteiger charge is 2.47. The van der Waals surface area contributed by atoms with Crippen LogP contribution in [0.4, 0.5) is 0 Å². The van der Waals surface area contributed by atoms with E-state index in [0.717, 1.165) is 25.7 Å². The van der Waals surface area contributed by atoms with E-state index in [9.17, 15) is 9.59 Å². The fraction of sp³-hybridized carbons (Fsp3) is 0.765. The molecule has 0 aromatic rings. The molecule has 0 aromatic carbocycles. The summed E-state index contributed by atoms with van der Waals surface area (Å²) in [4.78, 5) is 27.2. The zero-order valence-electron chi connectivity index (χ0n) is 13.5. The maximum atomic E-state index is 12.9. The highest BCUT2D eigenvalue weighted by molar-refractivity contribution is 5.97. The average molecular weight is 292 g/mol. The van der Waals surface area contributed by atoms with Crippen molar-refractivity contribution in [1.29, 1.82) is 0 Å². The molecule has 2 rings (SSSR count). The smallest absolute Gasteiger partial charge is 0.246 e. The Labute approximate surface area is 128 Å². The van der Waals surface area contributed by atoms with Crippen LogP contribution >= 0.6 is 0 Å². The Morgan fingerprint density at radius 2 is 1.86 bits per heavy atom. The Morgan fingerprint density at radius 1 is 1.24 bits per heavy atom. The van der Waals surface area contributed by atoms with E-state index in [4.69, 9.17) is 0 Å². The van der Waals surface area contributed by atoms with Crippen LogP contribution < -0.4 is 5.32 Å². The number of piperazine rings is 1. The fourth-order valence-corrected chi connectivity index (χ4v) is 3.72. The number of nitrogens with one attached hydrogen (secondary N) is 1. The summed E-state index contributed by atoms with van der Waals surface area (Å²) in [7, 11) is 0. The van der Waals surface area contributed by atoms with Gasteiger partial charge in [0.05, 0.1) is 0 Å².